The lowest BCUT2D eigenvalue weighted by Gasteiger charge is -2.09. The van der Waals surface area contributed by atoms with Crippen LogP contribution in [-0.4, -0.2) is 36.4 Å². The van der Waals surface area contributed by atoms with Gasteiger partial charge in [-0.3, -0.25) is 4.79 Å². The van der Waals surface area contributed by atoms with Gasteiger partial charge in [0.15, 0.2) is 5.82 Å². The van der Waals surface area contributed by atoms with E-state index in [4.69, 9.17) is 9.47 Å². The summed E-state index contributed by atoms with van der Waals surface area (Å²) in [5.41, 5.74) is 0.327. The van der Waals surface area contributed by atoms with Gasteiger partial charge in [0.05, 0.1) is 20.1 Å². The molecule has 8 heteroatoms. The highest BCUT2D eigenvalue weighted by Crippen LogP contribution is 2.17. The van der Waals surface area contributed by atoms with E-state index in [1.54, 1.807) is 37.4 Å². The van der Waals surface area contributed by atoms with Crippen LogP contribution in [0.25, 0.3) is 0 Å². The second-order valence-electron chi connectivity index (χ2n) is 6.07. The summed E-state index contributed by atoms with van der Waals surface area (Å²) >= 11 is 0. The Balaban J connectivity index is 1.41. The zero-order chi connectivity index (χ0) is 20.5. The molecule has 0 aliphatic carbocycles. The minimum Gasteiger partial charge on any atom is -0.497 e. The highest BCUT2D eigenvalue weighted by molar-refractivity contribution is 5.91. The molecule has 2 aromatic carbocycles. The van der Waals surface area contributed by atoms with Crippen LogP contribution in [0.3, 0.4) is 0 Å². The normalized spacial score (nSPS) is 10.3. The Morgan fingerprint density at radius 2 is 1.66 bits per heavy atom. The van der Waals surface area contributed by atoms with Gasteiger partial charge in [-0.2, -0.15) is 0 Å². The summed E-state index contributed by atoms with van der Waals surface area (Å²) in [6.45, 7) is 0.967. The summed E-state index contributed by atoms with van der Waals surface area (Å²) in [6.07, 6.45) is -0.0724. The number of carbonyl (C=O) groups excluding carboxylic acids is 1. The molecule has 0 aliphatic rings. The summed E-state index contributed by atoms with van der Waals surface area (Å²) in [7, 11) is 1.61. The number of aromatic nitrogens is 2. The van der Waals surface area contributed by atoms with Gasteiger partial charge in [-0.1, -0.05) is 18.2 Å². The maximum Gasteiger partial charge on any atom is 0.230 e. The Kier molecular flexibility index (Phi) is 6.94. The van der Waals surface area contributed by atoms with E-state index in [0.29, 0.717) is 30.4 Å². The maximum atomic E-state index is 13.6. The van der Waals surface area contributed by atoms with Gasteiger partial charge in [-0.25, -0.2) is 4.39 Å². The Bertz CT molecular complexity index is 933. The van der Waals surface area contributed by atoms with Gasteiger partial charge in [0.2, 0.25) is 5.91 Å². The third-order valence-electron chi connectivity index (χ3n) is 3.98. The first-order valence-corrected chi connectivity index (χ1v) is 9.02. The van der Waals surface area contributed by atoms with Crippen LogP contribution < -0.4 is 20.1 Å². The maximum absolute atomic E-state index is 13.6. The minimum atomic E-state index is -0.412. The molecular weight excluding hydrogens is 375 g/mol. The molecule has 0 aliphatic heterocycles. The van der Waals surface area contributed by atoms with E-state index in [1.165, 1.54) is 6.07 Å². The van der Waals surface area contributed by atoms with Crippen molar-refractivity contribution in [3.05, 3.63) is 72.0 Å². The largest absolute Gasteiger partial charge is 0.497 e. The van der Waals surface area contributed by atoms with Crippen LogP contribution in [0.2, 0.25) is 0 Å². The second kappa shape index (κ2) is 10.0. The van der Waals surface area contributed by atoms with Gasteiger partial charge < -0.3 is 20.1 Å². The molecule has 150 valence electrons. The molecule has 3 rings (SSSR count). The van der Waals surface area contributed by atoms with E-state index in [2.05, 4.69) is 20.8 Å². The van der Waals surface area contributed by atoms with Crippen LogP contribution in [0, 0.1) is 5.82 Å². The van der Waals surface area contributed by atoms with Crippen LogP contribution in [0.15, 0.2) is 60.7 Å². The lowest BCUT2D eigenvalue weighted by atomic mass is 10.1. The molecule has 3 aromatic rings. The summed E-state index contributed by atoms with van der Waals surface area (Å²) in [5, 5.41) is 13.6. The Morgan fingerprint density at radius 1 is 0.966 bits per heavy atom. The van der Waals surface area contributed by atoms with E-state index in [-0.39, 0.29) is 12.3 Å². The first-order chi connectivity index (χ1) is 14.1. The molecule has 0 bridgehead atoms. The van der Waals surface area contributed by atoms with Crippen molar-refractivity contribution < 1.29 is 18.7 Å². The third kappa shape index (κ3) is 6.17. The molecule has 29 heavy (non-hydrogen) atoms. The molecular formula is C21H21FN4O3. The van der Waals surface area contributed by atoms with E-state index in [9.17, 15) is 9.18 Å². The monoisotopic (exact) mass is 396 g/mol. The molecule has 7 nitrogen and oxygen atoms in total. The number of nitrogens with one attached hydrogen (secondary N) is 2. The van der Waals surface area contributed by atoms with E-state index in [0.717, 1.165) is 11.5 Å². The van der Waals surface area contributed by atoms with Crippen molar-refractivity contribution in [3.8, 4) is 11.5 Å². The zero-order valence-corrected chi connectivity index (χ0v) is 15.9. The second-order valence-corrected chi connectivity index (χ2v) is 6.07. The van der Waals surface area contributed by atoms with E-state index in [1.807, 2.05) is 24.3 Å². The smallest absolute Gasteiger partial charge is 0.230 e. The summed E-state index contributed by atoms with van der Waals surface area (Å²) in [4.78, 5) is 12.0. The van der Waals surface area contributed by atoms with Gasteiger partial charge in [-0.05, 0) is 48.0 Å². The number of methoxy groups -OCH3 is 1. The van der Waals surface area contributed by atoms with Crippen LogP contribution in [-0.2, 0) is 11.2 Å². The fourth-order valence-corrected chi connectivity index (χ4v) is 2.51. The molecule has 0 fully saturated rings. The third-order valence-corrected chi connectivity index (χ3v) is 3.98. The van der Waals surface area contributed by atoms with Crippen molar-refractivity contribution in [1.29, 1.82) is 0 Å². The molecule has 1 aromatic heterocycles. The number of anilines is 2. The van der Waals surface area contributed by atoms with Crippen molar-refractivity contribution in [2.45, 2.75) is 6.42 Å². The lowest BCUT2D eigenvalue weighted by molar-refractivity contribution is -0.115. The first-order valence-electron chi connectivity index (χ1n) is 9.02. The molecule has 0 saturated heterocycles. The highest BCUT2D eigenvalue weighted by Gasteiger charge is 2.09. The number of rotatable bonds is 9. The number of carbonyl (C=O) groups is 1. The Labute approximate surface area is 167 Å². The molecule has 1 amide bonds. The first kappa shape index (κ1) is 20.1. The molecule has 0 atom stereocenters. The molecule has 0 unspecified atom stereocenters. The number of hydrogen-bond acceptors (Lipinski definition) is 6. The lowest BCUT2D eigenvalue weighted by Crippen LogP contribution is -2.17. The van der Waals surface area contributed by atoms with Crippen LogP contribution in [0.4, 0.5) is 16.0 Å². The number of halogens is 1. The molecule has 0 radical (unpaired) electrons. The molecule has 2 N–H and O–H groups in total. The number of hydrogen-bond donors (Lipinski definition) is 2. The predicted molar refractivity (Wildman–Crippen MR) is 108 cm³/mol. The van der Waals surface area contributed by atoms with Crippen molar-refractivity contribution in [1.82, 2.24) is 10.2 Å². The Hall–Kier alpha value is -3.68. The summed E-state index contributed by atoms with van der Waals surface area (Å²) in [6, 6.07) is 16.8. The minimum absolute atomic E-state index is 0.0724. The SMILES string of the molecule is COc1ccc(OCCNc2ccc(NC(=O)Cc3ccccc3F)nn2)cc1. The number of nitrogens with zero attached hydrogens (tertiary/aromatic N) is 2. The molecule has 0 spiro atoms. The number of benzene rings is 2. The fourth-order valence-electron chi connectivity index (χ4n) is 2.51. The molecule has 0 saturated carbocycles. The van der Waals surface area contributed by atoms with Crippen LogP contribution in [0.1, 0.15) is 5.56 Å². The average molecular weight is 396 g/mol. The zero-order valence-electron chi connectivity index (χ0n) is 15.9. The van der Waals surface area contributed by atoms with Crippen molar-refractivity contribution in [3.63, 3.8) is 0 Å². The van der Waals surface area contributed by atoms with Gasteiger partial charge in [0.25, 0.3) is 0 Å². The summed E-state index contributed by atoms with van der Waals surface area (Å²) in [5.74, 6) is 1.59. The van der Waals surface area contributed by atoms with Gasteiger partial charge >= 0.3 is 0 Å². The fraction of sp³-hybridized carbons (Fsp3) is 0.190. The van der Waals surface area contributed by atoms with Crippen LogP contribution >= 0.6 is 0 Å². The van der Waals surface area contributed by atoms with Crippen molar-refractivity contribution in [2.75, 3.05) is 30.9 Å². The van der Waals surface area contributed by atoms with Crippen molar-refractivity contribution in [2.24, 2.45) is 0 Å². The van der Waals surface area contributed by atoms with Gasteiger partial charge in [-0.15, -0.1) is 10.2 Å². The van der Waals surface area contributed by atoms with E-state index < -0.39 is 5.82 Å². The van der Waals surface area contributed by atoms with E-state index >= 15 is 0 Å². The number of ether oxygens (including phenoxy) is 2. The predicted octanol–water partition coefficient (Wildman–Crippen LogP) is 3.30. The molecule has 1 heterocycles. The topological polar surface area (TPSA) is 85.4 Å². The van der Waals surface area contributed by atoms with Gasteiger partial charge in [0, 0.05) is 0 Å². The summed E-state index contributed by atoms with van der Waals surface area (Å²) < 4.78 is 24.3. The quantitative estimate of drug-likeness (QED) is 0.540. The highest BCUT2D eigenvalue weighted by atomic mass is 19.1. The standard InChI is InChI=1S/C21H21FN4O3/c1-28-16-6-8-17(9-7-16)29-13-12-23-19-10-11-20(26-25-19)24-21(27)14-15-4-2-3-5-18(15)22/h2-11H,12-14H2,1H3,(H,23,25)(H,24,26,27). The average Bonchev–Trinajstić information content (AvgIpc) is 2.74. The van der Waals surface area contributed by atoms with Crippen molar-refractivity contribution >= 4 is 17.5 Å². The van der Waals surface area contributed by atoms with Gasteiger partial charge in [0.1, 0.15) is 29.7 Å². The number of amides is 1. The Morgan fingerprint density at radius 3 is 2.34 bits per heavy atom. The van der Waals surface area contributed by atoms with Crippen LogP contribution in [0.5, 0.6) is 11.5 Å².